The maximum atomic E-state index is 13.0. The van der Waals surface area contributed by atoms with E-state index in [1.165, 1.54) is 0 Å². The van der Waals surface area contributed by atoms with Crippen molar-refractivity contribution in [3.05, 3.63) is 57.6 Å². The molecule has 0 aliphatic rings. The number of hydroxylamine groups is 1. The number of ether oxygens (including phenoxy) is 2. The van der Waals surface area contributed by atoms with Gasteiger partial charge in [-0.2, -0.15) is 0 Å². The highest BCUT2D eigenvalue weighted by molar-refractivity contribution is 6.06. The minimum Gasteiger partial charge on any atom is -0.443 e. The Morgan fingerprint density at radius 2 is 1.56 bits per heavy atom. The molecule has 1 aromatic carbocycles. The zero-order valence-corrected chi connectivity index (χ0v) is 25.2. The predicted octanol–water partition coefficient (Wildman–Crippen LogP) is 3.69. The number of aromatic nitrogens is 2. The van der Waals surface area contributed by atoms with Gasteiger partial charge in [-0.1, -0.05) is 30.3 Å². The van der Waals surface area contributed by atoms with E-state index in [1.54, 1.807) is 46.1 Å². The molecule has 13 heteroatoms. The van der Waals surface area contributed by atoms with Crippen LogP contribution in [0.15, 0.2) is 35.1 Å². The summed E-state index contributed by atoms with van der Waals surface area (Å²) >= 11 is 0. The second-order valence-electron chi connectivity index (χ2n) is 11.3. The summed E-state index contributed by atoms with van der Waals surface area (Å²) in [4.78, 5) is 48.3. The number of carbonyl (C=O) groups is 2. The van der Waals surface area contributed by atoms with Gasteiger partial charge in [0.1, 0.15) is 11.2 Å². The van der Waals surface area contributed by atoms with Crippen LogP contribution in [-0.2, 0) is 27.4 Å². The largest absolute Gasteiger partial charge is 0.443 e. The van der Waals surface area contributed by atoms with Crippen LogP contribution in [0.2, 0.25) is 0 Å². The standard InChI is InChI=1S/C28H43N7O6/c1-19-20(2)34(23(36)22(32-19)31-15-14-21-12-10-9-11-13-21)18-30-16-17-39-33-24(29)35(25(37)40-27(3,4)5)26(38)41-28(6,7)8/h9-13,30H,14-18H2,1-8H3,(H2,29,33)(H,31,32). The first-order chi connectivity index (χ1) is 19.1. The lowest BCUT2D eigenvalue weighted by molar-refractivity contribution is 0.00889. The number of benzene rings is 1. The summed E-state index contributed by atoms with van der Waals surface area (Å²) in [6.07, 6.45) is -1.41. The van der Waals surface area contributed by atoms with Crippen LogP contribution >= 0.6 is 0 Å². The third kappa shape index (κ3) is 11.2. The van der Waals surface area contributed by atoms with E-state index < -0.39 is 29.3 Å². The van der Waals surface area contributed by atoms with Gasteiger partial charge in [-0.3, -0.25) is 24.9 Å². The Balaban J connectivity index is 1.91. The van der Waals surface area contributed by atoms with Crippen LogP contribution in [0.5, 0.6) is 0 Å². The van der Waals surface area contributed by atoms with Gasteiger partial charge in [0.15, 0.2) is 5.82 Å². The highest BCUT2D eigenvalue weighted by Crippen LogP contribution is 2.14. The van der Waals surface area contributed by atoms with Gasteiger partial charge < -0.3 is 14.8 Å². The molecule has 2 aromatic rings. The van der Waals surface area contributed by atoms with E-state index in [9.17, 15) is 14.4 Å². The summed E-state index contributed by atoms with van der Waals surface area (Å²) < 4.78 is 12.0. The molecule has 13 nitrogen and oxygen atoms in total. The lowest BCUT2D eigenvalue weighted by atomic mass is 10.1. The Bertz CT molecular complexity index is 1220. The molecule has 1 heterocycles. The van der Waals surface area contributed by atoms with Gasteiger partial charge in [-0.25, -0.2) is 20.1 Å². The SMILES string of the molecule is Cc1nc(NCCc2ccccc2)c(=O)n(CNCCONC(=N)N(C(=O)OC(C)(C)C)C(=O)OC(C)(C)C)c1C. The second kappa shape index (κ2) is 14.6. The number of nitrogens with one attached hydrogen (secondary N) is 4. The molecule has 0 unspecified atom stereocenters. The smallest absolute Gasteiger partial charge is 0.427 e. The van der Waals surface area contributed by atoms with Crippen LogP contribution in [0.3, 0.4) is 0 Å². The molecule has 1 aromatic heterocycles. The van der Waals surface area contributed by atoms with E-state index in [1.807, 2.05) is 44.2 Å². The molecule has 0 bridgehead atoms. The predicted molar refractivity (Wildman–Crippen MR) is 156 cm³/mol. The van der Waals surface area contributed by atoms with E-state index in [2.05, 4.69) is 21.1 Å². The molecule has 226 valence electrons. The van der Waals surface area contributed by atoms with E-state index >= 15 is 0 Å². The molecule has 0 aliphatic carbocycles. The molecule has 41 heavy (non-hydrogen) atoms. The Morgan fingerprint density at radius 1 is 0.976 bits per heavy atom. The van der Waals surface area contributed by atoms with Crippen LogP contribution < -0.4 is 21.7 Å². The van der Waals surface area contributed by atoms with Crippen LogP contribution in [-0.4, -0.2) is 63.5 Å². The number of anilines is 1. The summed E-state index contributed by atoms with van der Waals surface area (Å²) in [6, 6.07) is 9.97. The molecular weight excluding hydrogens is 530 g/mol. The van der Waals surface area contributed by atoms with Crippen LogP contribution in [0.25, 0.3) is 0 Å². The number of imide groups is 1. The summed E-state index contributed by atoms with van der Waals surface area (Å²) in [6.45, 7) is 14.6. The van der Waals surface area contributed by atoms with E-state index in [4.69, 9.17) is 19.7 Å². The normalized spacial score (nSPS) is 11.5. The summed E-state index contributed by atoms with van der Waals surface area (Å²) in [5, 5.41) is 14.4. The fourth-order valence-electron chi connectivity index (χ4n) is 3.40. The molecule has 0 aliphatic heterocycles. The molecule has 0 atom stereocenters. The van der Waals surface area contributed by atoms with Crippen molar-refractivity contribution in [2.75, 3.05) is 25.0 Å². The molecule has 2 amide bonds. The first kappa shape index (κ1) is 33.2. The number of hydrogen-bond donors (Lipinski definition) is 4. The van der Waals surface area contributed by atoms with Gasteiger partial charge in [0.25, 0.3) is 5.56 Å². The number of aryl methyl sites for hydroxylation is 1. The Kier molecular flexibility index (Phi) is 11.8. The Hall–Kier alpha value is -3.97. The van der Waals surface area contributed by atoms with Crippen molar-refractivity contribution in [2.45, 2.75) is 79.7 Å². The van der Waals surface area contributed by atoms with Gasteiger partial charge in [-0.15, -0.1) is 4.90 Å². The number of rotatable bonds is 10. The average molecular weight is 574 g/mol. The third-order valence-electron chi connectivity index (χ3n) is 5.40. The van der Waals surface area contributed by atoms with Crippen molar-refractivity contribution in [2.24, 2.45) is 0 Å². The van der Waals surface area contributed by atoms with E-state index in [0.29, 0.717) is 11.4 Å². The number of hydrogen-bond acceptors (Lipinski definition) is 10. The topological polar surface area (TPSA) is 160 Å². The van der Waals surface area contributed by atoms with Crippen molar-refractivity contribution in [1.82, 2.24) is 25.2 Å². The number of nitrogens with zero attached hydrogens (tertiary/aromatic N) is 3. The summed E-state index contributed by atoms with van der Waals surface area (Å²) in [5.74, 6) is -0.391. The van der Waals surface area contributed by atoms with Crippen LogP contribution in [0.4, 0.5) is 15.4 Å². The quantitative estimate of drug-likeness (QED) is 0.143. The van der Waals surface area contributed by atoms with Crippen molar-refractivity contribution in [1.29, 1.82) is 5.41 Å². The Morgan fingerprint density at radius 3 is 2.12 bits per heavy atom. The molecule has 2 rings (SSSR count). The van der Waals surface area contributed by atoms with Gasteiger partial charge in [-0.05, 0) is 67.4 Å². The minimum atomic E-state index is -1.08. The zero-order chi connectivity index (χ0) is 30.8. The van der Waals surface area contributed by atoms with Crippen molar-refractivity contribution in [3.63, 3.8) is 0 Å². The number of carbonyl (C=O) groups excluding carboxylic acids is 2. The molecule has 0 radical (unpaired) electrons. The maximum Gasteiger partial charge on any atom is 0.427 e. The molecule has 0 fully saturated rings. The van der Waals surface area contributed by atoms with Crippen molar-refractivity contribution in [3.8, 4) is 0 Å². The van der Waals surface area contributed by atoms with E-state index in [0.717, 1.165) is 23.4 Å². The fourth-order valence-corrected chi connectivity index (χ4v) is 3.40. The molecule has 0 saturated heterocycles. The van der Waals surface area contributed by atoms with Crippen LogP contribution in [0, 0.1) is 19.3 Å². The van der Waals surface area contributed by atoms with Gasteiger partial charge in [0.05, 0.1) is 19.0 Å². The third-order valence-corrected chi connectivity index (χ3v) is 5.40. The molecular formula is C28H43N7O6. The molecule has 4 N–H and O–H groups in total. The Labute approximate surface area is 241 Å². The monoisotopic (exact) mass is 573 g/mol. The second-order valence-corrected chi connectivity index (χ2v) is 11.3. The van der Waals surface area contributed by atoms with Crippen LogP contribution in [0.1, 0.15) is 58.5 Å². The minimum absolute atomic E-state index is 0.0406. The molecule has 0 saturated carbocycles. The van der Waals surface area contributed by atoms with Gasteiger partial charge >= 0.3 is 12.2 Å². The lowest BCUT2D eigenvalue weighted by Crippen LogP contribution is -2.51. The lowest BCUT2D eigenvalue weighted by Gasteiger charge is -2.28. The molecule has 0 spiro atoms. The average Bonchev–Trinajstić information content (AvgIpc) is 2.84. The maximum absolute atomic E-state index is 13.0. The van der Waals surface area contributed by atoms with Gasteiger partial charge in [0, 0.05) is 18.8 Å². The summed E-state index contributed by atoms with van der Waals surface area (Å²) in [7, 11) is 0. The van der Waals surface area contributed by atoms with Crippen molar-refractivity contribution >= 4 is 24.0 Å². The number of amides is 2. The zero-order valence-electron chi connectivity index (χ0n) is 25.2. The van der Waals surface area contributed by atoms with E-state index in [-0.39, 0.29) is 31.2 Å². The van der Waals surface area contributed by atoms with Crippen molar-refractivity contribution < 1.29 is 23.9 Å². The fraction of sp³-hybridized carbons (Fsp3) is 0.536. The first-order valence-electron chi connectivity index (χ1n) is 13.4. The van der Waals surface area contributed by atoms with Gasteiger partial charge in [0.2, 0.25) is 5.96 Å². The highest BCUT2D eigenvalue weighted by atomic mass is 16.7. The highest BCUT2D eigenvalue weighted by Gasteiger charge is 2.34. The first-order valence-corrected chi connectivity index (χ1v) is 13.4. The number of guanidine groups is 1. The summed E-state index contributed by atoms with van der Waals surface area (Å²) in [5.41, 5.74) is 2.83.